The number of nitrogens with zero attached hydrogens (tertiary/aromatic N) is 1. The van der Waals surface area contributed by atoms with Gasteiger partial charge in [0, 0.05) is 25.2 Å². The Morgan fingerprint density at radius 3 is 2.20 bits per heavy atom. The SMILES string of the molecule is CC(C)CN(C1CC1)C(CN)c1ccc(C2CC2)cc1. The number of benzene rings is 1. The first-order valence-electron chi connectivity index (χ1n) is 8.24. The largest absolute Gasteiger partial charge is 0.329 e. The average molecular weight is 272 g/mol. The monoisotopic (exact) mass is 272 g/mol. The highest BCUT2D eigenvalue weighted by atomic mass is 15.2. The molecule has 20 heavy (non-hydrogen) atoms. The van der Waals surface area contributed by atoms with E-state index in [-0.39, 0.29) is 0 Å². The Balaban J connectivity index is 1.75. The van der Waals surface area contributed by atoms with Crippen LogP contribution in [0.2, 0.25) is 0 Å². The van der Waals surface area contributed by atoms with Gasteiger partial charge < -0.3 is 5.73 Å². The van der Waals surface area contributed by atoms with Crippen LogP contribution < -0.4 is 5.73 Å². The molecule has 2 fully saturated rings. The molecule has 0 bridgehead atoms. The van der Waals surface area contributed by atoms with Crippen molar-refractivity contribution in [3.05, 3.63) is 35.4 Å². The van der Waals surface area contributed by atoms with Crippen molar-refractivity contribution in [2.75, 3.05) is 13.1 Å². The van der Waals surface area contributed by atoms with Crippen LogP contribution in [-0.4, -0.2) is 24.0 Å². The molecule has 0 heterocycles. The van der Waals surface area contributed by atoms with Crippen LogP contribution >= 0.6 is 0 Å². The molecule has 0 radical (unpaired) electrons. The smallest absolute Gasteiger partial charge is 0.0473 e. The van der Waals surface area contributed by atoms with E-state index in [1.54, 1.807) is 0 Å². The summed E-state index contributed by atoms with van der Waals surface area (Å²) >= 11 is 0. The van der Waals surface area contributed by atoms with Crippen LogP contribution in [0.4, 0.5) is 0 Å². The predicted molar refractivity (Wildman–Crippen MR) is 84.8 cm³/mol. The van der Waals surface area contributed by atoms with Crippen molar-refractivity contribution in [3.8, 4) is 0 Å². The summed E-state index contributed by atoms with van der Waals surface area (Å²) in [5.41, 5.74) is 9.04. The summed E-state index contributed by atoms with van der Waals surface area (Å²) in [5.74, 6) is 1.55. The minimum Gasteiger partial charge on any atom is -0.329 e. The highest BCUT2D eigenvalue weighted by Gasteiger charge is 2.34. The first-order valence-corrected chi connectivity index (χ1v) is 8.24. The van der Waals surface area contributed by atoms with Gasteiger partial charge in [0.25, 0.3) is 0 Å². The third-order valence-corrected chi connectivity index (χ3v) is 4.59. The van der Waals surface area contributed by atoms with E-state index in [2.05, 4.69) is 43.0 Å². The van der Waals surface area contributed by atoms with Crippen LogP contribution in [0.15, 0.2) is 24.3 Å². The normalized spacial score (nSPS) is 20.6. The van der Waals surface area contributed by atoms with Gasteiger partial charge in [-0.3, -0.25) is 4.90 Å². The van der Waals surface area contributed by atoms with Gasteiger partial charge in [0.1, 0.15) is 0 Å². The van der Waals surface area contributed by atoms with E-state index in [9.17, 15) is 0 Å². The van der Waals surface area contributed by atoms with Crippen molar-refractivity contribution in [3.63, 3.8) is 0 Å². The molecule has 3 rings (SSSR count). The average Bonchev–Trinajstić information content (AvgIpc) is 3.30. The number of hydrogen-bond donors (Lipinski definition) is 1. The van der Waals surface area contributed by atoms with Crippen molar-refractivity contribution in [1.82, 2.24) is 4.90 Å². The van der Waals surface area contributed by atoms with Gasteiger partial charge in [-0.15, -0.1) is 0 Å². The topological polar surface area (TPSA) is 29.3 Å². The standard InChI is InChI=1S/C18H28N2/c1-13(2)12-20(17-9-10-17)18(11-19)16-7-5-15(6-8-16)14-3-4-14/h5-8,13-14,17-18H,3-4,9-12,19H2,1-2H3. The summed E-state index contributed by atoms with van der Waals surface area (Å²) in [6, 6.07) is 10.5. The molecule has 1 atom stereocenters. The van der Waals surface area contributed by atoms with Gasteiger partial charge in [0.05, 0.1) is 0 Å². The van der Waals surface area contributed by atoms with E-state index in [1.165, 1.54) is 36.8 Å². The number of hydrogen-bond acceptors (Lipinski definition) is 2. The Morgan fingerprint density at radius 1 is 1.10 bits per heavy atom. The fourth-order valence-corrected chi connectivity index (χ4v) is 3.23. The van der Waals surface area contributed by atoms with Gasteiger partial charge in [-0.1, -0.05) is 38.1 Å². The second-order valence-corrected chi connectivity index (χ2v) is 7.01. The van der Waals surface area contributed by atoms with Crippen molar-refractivity contribution >= 4 is 0 Å². The Morgan fingerprint density at radius 2 is 1.75 bits per heavy atom. The molecule has 0 aliphatic heterocycles. The van der Waals surface area contributed by atoms with Gasteiger partial charge >= 0.3 is 0 Å². The molecule has 110 valence electrons. The van der Waals surface area contributed by atoms with Gasteiger partial charge in [0.15, 0.2) is 0 Å². The fraction of sp³-hybridized carbons (Fsp3) is 0.667. The Labute approximate surface area is 123 Å². The minimum absolute atomic E-state index is 0.401. The molecule has 1 aromatic carbocycles. The molecule has 2 saturated carbocycles. The van der Waals surface area contributed by atoms with E-state index >= 15 is 0 Å². The van der Waals surface area contributed by atoms with Gasteiger partial charge in [-0.25, -0.2) is 0 Å². The Hall–Kier alpha value is -0.860. The van der Waals surface area contributed by atoms with E-state index in [0.717, 1.165) is 25.0 Å². The molecule has 0 spiro atoms. The Bertz CT molecular complexity index is 429. The zero-order valence-electron chi connectivity index (χ0n) is 12.9. The van der Waals surface area contributed by atoms with E-state index in [0.29, 0.717) is 12.0 Å². The van der Waals surface area contributed by atoms with Crippen LogP contribution in [0, 0.1) is 5.92 Å². The van der Waals surface area contributed by atoms with Gasteiger partial charge in [-0.2, -0.15) is 0 Å². The molecule has 2 N–H and O–H groups in total. The van der Waals surface area contributed by atoms with Crippen molar-refractivity contribution in [1.29, 1.82) is 0 Å². The molecule has 0 saturated heterocycles. The van der Waals surface area contributed by atoms with Crippen LogP contribution in [0.1, 0.15) is 62.6 Å². The lowest BCUT2D eigenvalue weighted by molar-refractivity contribution is 0.169. The summed E-state index contributed by atoms with van der Waals surface area (Å²) in [7, 11) is 0. The lowest BCUT2D eigenvalue weighted by Crippen LogP contribution is -2.38. The maximum atomic E-state index is 6.12. The second-order valence-electron chi connectivity index (χ2n) is 7.01. The third kappa shape index (κ3) is 3.24. The van der Waals surface area contributed by atoms with Crippen LogP contribution in [-0.2, 0) is 0 Å². The number of nitrogens with two attached hydrogens (primary N) is 1. The lowest BCUT2D eigenvalue weighted by Gasteiger charge is -2.33. The highest BCUT2D eigenvalue weighted by molar-refractivity contribution is 5.30. The van der Waals surface area contributed by atoms with E-state index in [1.807, 2.05) is 0 Å². The predicted octanol–water partition coefficient (Wildman–Crippen LogP) is 3.68. The molecule has 1 unspecified atom stereocenters. The molecule has 0 aromatic heterocycles. The maximum absolute atomic E-state index is 6.12. The van der Waals surface area contributed by atoms with Crippen molar-refractivity contribution < 1.29 is 0 Å². The fourth-order valence-electron chi connectivity index (χ4n) is 3.23. The molecular formula is C18H28N2. The summed E-state index contributed by atoms with van der Waals surface area (Å²) in [5, 5.41) is 0. The van der Waals surface area contributed by atoms with Crippen LogP contribution in [0.5, 0.6) is 0 Å². The molecule has 2 nitrogen and oxygen atoms in total. The molecule has 2 heteroatoms. The first-order chi connectivity index (χ1) is 9.69. The van der Waals surface area contributed by atoms with Crippen LogP contribution in [0.3, 0.4) is 0 Å². The zero-order valence-corrected chi connectivity index (χ0v) is 12.9. The third-order valence-electron chi connectivity index (χ3n) is 4.59. The maximum Gasteiger partial charge on any atom is 0.0473 e. The van der Waals surface area contributed by atoms with Gasteiger partial charge in [0.2, 0.25) is 0 Å². The van der Waals surface area contributed by atoms with Gasteiger partial charge in [-0.05, 0) is 48.6 Å². The first kappa shape index (κ1) is 14.1. The summed E-state index contributed by atoms with van der Waals surface area (Å²) in [6.45, 7) is 6.50. The Kier molecular flexibility index (Phi) is 4.13. The molecule has 2 aliphatic carbocycles. The summed E-state index contributed by atoms with van der Waals surface area (Å²) in [6.07, 6.45) is 5.45. The van der Waals surface area contributed by atoms with E-state index < -0.39 is 0 Å². The lowest BCUT2D eigenvalue weighted by atomic mass is 10.0. The highest BCUT2D eigenvalue weighted by Crippen LogP contribution is 2.41. The zero-order chi connectivity index (χ0) is 14.1. The second kappa shape index (κ2) is 5.87. The molecule has 1 aromatic rings. The number of rotatable bonds is 7. The molecule has 2 aliphatic rings. The molecular weight excluding hydrogens is 244 g/mol. The van der Waals surface area contributed by atoms with Crippen molar-refractivity contribution in [2.45, 2.75) is 57.5 Å². The molecule has 0 amide bonds. The minimum atomic E-state index is 0.401. The quantitative estimate of drug-likeness (QED) is 0.820. The van der Waals surface area contributed by atoms with Crippen LogP contribution in [0.25, 0.3) is 0 Å². The van der Waals surface area contributed by atoms with Crippen molar-refractivity contribution in [2.24, 2.45) is 11.7 Å². The van der Waals surface area contributed by atoms with E-state index in [4.69, 9.17) is 5.73 Å². The summed E-state index contributed by atoms with van der Waals surface area (Å²) < 4.78 is 0. The summed E-state index contributed by atoms with van der Waals surface area (Å²) in [4.78, 5) is 2.65.